The van der Waals surface area contributed by atoms with Crippen LogP contribution in [0.2, 0.25) is 0 Å². The molecule has 0 saturated carbocycles. The summed E-state index contributed by atoms with van der Waals surface area (Å²) in [5.41, 5.74) is 3.41. The molecule has 0 radical (unpaired) electrons. The van der Waals surface area contributed by atoms with Crippen molar-refractivity contribution in [3.63, 3.8) is 0 Å². The Bertz CT molecular complexity index is 456. The molecule has 88 valence electrons. The molecule has 1 aromatic carbocycles. The van der Waals surface area contributed by atoms with Crippen molar-refractivity contribution in [2.75, 3.05) is 6.54 Å². The van der Waals surface area contributed by atoms with Gasteiger partial charge in [-0.1, -0.05) is 37.4 Å². The van der Waals surface area contributed by atoms with Gasteiger partial charge in [0.25, 0.3) is 0 Å². The maximum atomic E-state index is 12.9. The van der Waals surface area contributed by atoms with Gasteiger partial charge in [-0.15, -0.1) is 0 Å². The van der Waals surface area contributed by atoms with Crippen LogP contribution in [-0.4, -0.2) is 6.54 Å². The van der Waals surface area contributed by atoms with E-state index in [0.29, 0.717) is 0 Å². The first-order valence-corrected chi connectivity index (χ1v) is 5.73. The van der Waals surface area contributed by atoms with Crippen LogP contribution in [0.15, 0.2) is 60.7 Å². The van der Waals surface area contributed by atoms with E-state index in [1.54, 1.807) is 0 Å². The Kier molecular flexibility index (Phi) is 3.55. The molecule has 1 unspecified atom stereocenters. The molecule has 1 nitrogen and oxygen atoms in total. The molecule has 0 bridgehead atoms. The summed E-state index contributed by atoms with van der Waals surface area (Å²) in [6.45, 7) is 8.59. The summed E-state index contributed by atoms with van der Waals surface area (Å²) in [4.78, 5) is 0. The number of hydrogen-bond donors (Lipinski definition) is 1. The minimum absolute atomic E-state index is 0.0925. The first-order valence-electron chi connectivity index (χ1n) is 5.73. The van der Waals surface area contributed by atoms with Crippen molar-refractivity contribution in [3.8, 4) is 0 Å². The predicted octanol–water partition coefficient (Wildman–Crippen LogP) is 3.53. The van der Waals surface area contributed by atoms with Crippen LogP contribution < -0.4 is 5.32 Å². The smallest absolute Gasteiger partial charge is 0.123 e. The molecule has 0 spiro atoms. The Morgan fingerprint density at radius 2 is 1.88 bits per heavy atom. The van der Waals surface area contributed by atoms with Gasteiger partial charge in [-0.05, 0) is 35.3 Å². The number of halogens is 1. The topological polar surface area (TPSA) is 12.0 Å². The summed E-state index contributed by atoms with van der Waals surface area (Å²) in [6, 6.07) is 6.68. The summed E-state index contributed by atoms with van der Waals surface area (Å²) in [7, 11) is 0. The number of rotatable bonds is 3. The second-order valence-electron chi connectivity index (χ2n) is 4.08. The third kappa shape index (κ3) is 2.37. The van der Waals surface area contributed by atoms with Gasteiger partial charge >= 0.3 is 0 Å². The van der Waals surface area contributed by atoms with Gasteiger partial charge in [0.05, 0.1) is 6.04 Å². The highest BCUT2D eigenvalue weighted by atomic mass is 19.1. The van der Waals surface area contributed by atoms with Crippen LogP contribution in [0, 0.1) is 5.82 Å². The standard InChI is InChI=1S/C15H16FN/c1-3-11-9-10-17-15(14(11)4-2)12-5-7-13(16)8-6-12/h3-8,15,17H,1-2,9-10H2. The highest BCUT2D eigenvalue weighted by Gasteiger charge is 2.20. The average Bonchev–Trinajstić information content (AvgIpc) is 2.38. The SMILES string of the molecule is C=CC1=C(C=C)C(c2ccc(F)cc2)NCC1. The Labute approximate surface area is 101 Å². The zero-order valence-electron chi connectivity index (χ0n) is 9.75. The fourth-order valence-electron chi connectivity index (χ4n) is 2.21. The molecule has 0 aliphatic carbocycles. The van der Waals surface area contributed by atoms with Crippen LogP contribution in [0.5, 0.6) is 0 Å². The molecule has 1 N–H and O–H groups in total. The molecule has 2 rings (SSSR count). The van der Waals surface area contributed by atoms with Crippen molar-refractivity contribution in [1.82, 2.24) is 5.32 Å². The molecule has 0 amide bonds. The van der Waals surface area contributed by atoms with Gasteiger partial charge < -0.3 is 5.32 Å². The van der Waals surface area contributed by atoms with Crippen LogP contribution in [0.25, 0.3) is 0 Å². The van der Waals surface area contributed by atoms with Crippen LogP contribution in [0.1, 0.15) is 18.0 Å². The predicted molar refractivity (Wildman–Crippen MR) is 69.2 cm³/mol. The molecule has 1 aromatic rings. The molecular formula is C15H16FN. The van der Waals surface area contributed by atoms with Gasteiger partial charge in [0, 0.05) is 6.54 Å². The normalized spacial score (nSPS) is 20.2. The van der Waals surface area contributed by atoms with E-state index in [0.717, 1.165) is 24.1 Å². The maximum absolute atomic E-state index is 12.9. The fourth-order valence-corrected chi connectivity index (χ4v) is 2.21. The minimum atomic E-state index is -0.211. The molecule has 0 aromatic heterocycles. The lowest BCUT2D eigenvalue weighted by Gasteiger charge is -2.27. The van der Waals surface area contributed by atoms with E-state index in [1.807, 2.05) is 24.3 Å². The summed E-state index contributed by atoms with van der Waals surface area (Å²) in [5.74, 6) is -0.211. The number of hydrogen-bond acceptors (Lipinski definition) is 1. The zero-order chi connectivity index (χ0) is 12.3. The largest absolute Gasteiger partial charge is 0.306 e. The fraction of sp³-hybridized carbons (Fsp3) is 0.200. The molecule has 1 heterocycles. The molecule has 1 aliphatic heterocycles. The lowest BCUT2D eigenvalue weighted by Crippen LogP contribution is -2.28. The van der Waals surface area contributed by atoms with Gasteiger partial charge in [0.1, 0.15) is 5.82 Å². The Hall–Kier alpha value is -1.67. The highest BCUT2D eigenvalue weighted by molar-refractivity contribution is 5.42. The molecule has 2 heteroatoms. The number of benzene rings is 1. The second-order valence-corrected chi connectivity index (χ2v) is 4.08. The average molecular weight is 229 g/mol. The number of allylic oxidation sites excluding steroid dienone is 1. The quantitative estimate of drug-likeness (QED) is 0.836. The molecule has 1 aliphatic rings. The highest BCUT2D eigenvalue weighted by Crippen LogP contribution is 2.30. The Balaban J connectivity index is 2.40. The van der Waals surface area contributed by atoms with Crippen LogP contribution in [-0.2, 0) is 0 Å². The third-order valence-electron chi connectivity index (χ3n) is 3.09. The van der Waals surface area contributed by atoms with E-state index in [-0.39, 0.29) is 11.9 Å². The van der Waals surface area contributed by atoms with E-state index in [9.17, 15) is 4.39 Å². The summed E-state index contributed by atoms with van der Waals surface area (Å²) < 4.78 is 12.9. The van der Waals surface area contributed by atoms with E-state index >= 15 is 0 Å². The van der Waals surface area contributed by atoms with Crippen LogP contribution in [0.4, 0.5) is 4.39 Å². The van der Waals surface area contributed by atoms with Crippen LogP contribution >= 0.6 is 0 Å². The lowest BCUT2D eigenvalue weighted by molar-refractivity contribution is 0.568. The van der Waals surface area contributed by atoms with E-state index in [2.05, 4.69) is 18.5 Å². The van der Waals surface area contributed by atoms with Crippen molar-refractivity contribution in [2.45, 2.75) is 12.5 Å². The first-order chi connectivity index (χ1) is 8.26. The van der Waals surface area contributed by atoms with Crippen molar-refractivity contribution < 1.29 is 4.39 Å². The van der Waals surface area contributed by atoms with Crippen molar-refractivity contribution >= 4 is 0 Å². The summed E-state index contributed by atoms with van der Waals surface area (Å²) >= 11 is 0. The van der Waals surface area contributed by atoms with Gasteiger partial charge in [-0.3, -0.25) is 0 Å². The maximum Gasteiger partial charge on any atom is 0.123 e. The zero-order valence-corrected chi connectivity index (χ0v) is 9.75. The van der Waals surface area contributed by atoms with E-state index in [4.69, 9.17) is 0 Å². The molecular weight excluding hydrogens is 213 g/mol. The third-order valence-corrected chi connectivity index (χ3v) is 3.09. The van der Waals surface area contributed by atoms with Gasteiger partial charge in [-0.2, -0.15) is 0 Å². The second kappa shape index (κ2) is 5.11. The molecule has 17 heavy (non-hydrogen) atoms. The summed E-state index contributed by atoms with van der Waals surface area (Å²) in [5, 5.41) is 3.42. The van der Waals surface area contributed by atoms with Gasteiger partial charge in [-0.25, -0.2) is 4.39 Å². The van der Waals surface area contributed by atoms with Gasteiger partial charge in [0.2, 0.25) is 0 Å². The van der Waals surface area contributed by atoms with E-state index < -0.39 is 0 Å². The van der Waals surface area contributed by atoms with Gasteiger partial charge in [0.15, 0.2) is 0 Å². The lowest BCUT2D eigenvalue weighted by atomic mass is 9.90. The van der Waals surface area contributed by atoms with Crippen molar-refractivity contribution in [3.05, 3.63) is 72.1 Å². The van der Waals surface area contributed by atoms with Crippen molar-refractivity contribution in [1.29, 1.82) is 0 Å². The molecule has 0 saturated heterocycles. The Morgan fingerprint density at radius 1 is 1.18 bits per heavy atom. The van der Waals surface area contributed by atoms with Crippen LogP contribution in [0.3, 0.4) is 0 Å². The van der Waals surface area contributed by atoms with E-state index in [1.165, 1.54) is 17.7 Å². The monoisotopic (exact) mass is 229 g/mol. The Morgan fingerprint density at radius 3 is 2.47 bits per heavy atom. The molecule has 0 fully saturated rings. The first kappa shape index (κ1) is 11.8. The molecule has 1 atom stereocenters. The summed E-state index contributed by atoms with van der Waals surface area (Å²) in [6.07, 6.45) is 4.70. The number of nitrogens with one attached hydrogen (secondary N) is 1. The van der Waals surface area contributed by atoms with Crippen molar-refractivity contribution in [2.24, 2.45) is 0 Å². The minimum Gasteiger partial charge on any atom is -0.306 e.